The maximum atomic E-state index is 13.2. The minimum atomic E-state index is -3.94. The molecule has 0 bridgehead atoms. The molecule has 1 saturated heterocycles. The van der Waals surface area contributed by atoms with E-state index < -0.39 is 10.2 Å². The van der Waals surface area contributed by atoms with Crippen LogP contribution < -0.4 is 5.73 Å². The topological polar surface area (TPSA) is 107 Å². The van der Waals surface area contributed by atoms with E-state index in [1.807, 2.05) is 42.5 Å². The maximum Gasteiger partial charge on any atom is 0.325 e. The first-order valence-corrected chi connectivity index (χ1v) is 13.8. The largest absolute Gasteiger partial charge is 0.369 e. The molecule has 9 nitrogen and oxygen atoms in total. The number of hydrogen-bond acceptors (Lipinski definition) is 3. The Morgan fingerprint density at radius 3 is 2.33 bits per heavy atom. The number of nitrogens with two attached hydrogens (primary N) is 1. The summed E-state index contributed by atoms with van der Waals surface area (Å²) in [7, 11) is -0.473. The summed E-state index contributed by atoms with van der Waals surface area (Å²) in [5.41, 5.74) is 8.90. The van der Waals surface area contributed by atoms with Crippen LogP contribution >= 0.6 is 11.6 Å². The fourth-order valence-electron chi connectivity index (χ4n) is 4.26. The van der Waals surface area contributed by atoms with Crippen LogP contribution in [0.4, 0.5) is 0 Å². The van der Waals surface area contributed by atoms with Crippen molar-refractivity contribution in [2.45, 2.75) is 31.6 Å². The quantitative estimate of drug-likeness (QED) is 0.482. The van der Waals surface area contributed by atoms with Crippen molar-refractivity contribution in [2.75, 3.05) is 33.7 Å². The van der Waals surface area contributed by atoms with E-state index in [1.54, 1.807) is 24.0 Å². The molecule has 0 amide bonds. The molecule has 2 aromatic rings. The molecule has 1 atom stereocenters. The summed E-state index contributed by atoms with van der Waals surface area (Å²) in [6, 6.07) is 17.6. The number of hydrogen-bond donors (Lipinski definition) is 1. The zero-order valence-electron chi connectivity index (χ0n) is 20.6. The molecule has 2 aliphatic rings. The number of nitrogens with zero attached hydrogens (tertiary/aromatic N) is 6. The minimum absolute atomic E-state index is 0.0127. The molecule has 0 aromatic heterocycles. The lowest BCUT2D eigenvalue weighted by Crippen LogP contribution is -2.40. The Morgan fingerprint density at radius 1 is 1.03 bits per heavy atom. The molecule has 2 N–H and O–H groups in total. The van der Waals surface area contributed by atoms with Crippen molar-refractivity contribution in [2.24, 2.45) is 20.2 Å². The molecular formula is C25H32ClN7O2S. The van der Waals surface area contributed by atoms with Crippen molar-refractivity contribution in [3.8, 4) is 0 Å². The van der Waals surface area contributed by atoms with Crippen LogP contribution in [0, 0.1) is 0 Å². The van der Waals surface area contributed by atoms with Crippen LogP contribution in [0.2, 0.25) is 5.02 Å². The number of hydrazone groups is 1. The van der Waals surface area contributed by atoms with Gasteiger partial charge in [-0.1, -0.05) is 60.5 Å². The van der Waals surface area contributed by atoms with Crippen molar-refractivity contribution in [3.05, 3.63) is 70.7 Å². The highest BCUT2D eigenvalue weighted by molar-refractivity contribution is 7.87. The highest BCUT2D eigenvalue weighted by Crippen LogP contribution is 2.30. The Kier molecular flexibility index (Phi) is 8.28. The van der Waals surface area contributed by atoms with Gasteiger partial charge in [0.05, 0.1) is 5.71 Å². The van der Waals surface area contributed by atoms with Crippen LogP contribution in [0.3, 0.4) is 0 Å². The van der Waals surface area contributed by atoms with E-state index in [4.69, 9.17) is 22.4 Å². The van der Waals surface area contributed by atoms with Gasteiger partial charge in [-0.2, -0.15) is 22.8 Å². The van der Waals surface area contributed by atoms with Gasteiger partial charge in [-0.15, -0.1) is 4.40 Å². The Labute approximate surface area is 218 Å². The SMILES string of the molecule is CN(C)/C(N)=N/C(=N\S(=O)(=O)N1CCCCC1)N1CCC(c2ccccc2)C(c2ccc(Cl)cc2)=N1. The van der Waals surface area contributed by atoms with Gasteiger partial charge in [0.15, 0.2) is 5.96 Å². The smallest absolute Gasteiger partial charge is 0.325 e. The monoisotopic (exact) mass is 529 g/mol. The van der Waals surface area contributed by atoms with Gasteiger partial charge in [0.25, 0.3) is 5.96 Å². The zero-order chi connectivity index (χ0) is 25.7. The van der Waals surface area contributed by atoms with E-state index >= 15 is 0 Å². The first kappa shape index (κ1) is 26.1. The third-order valence-electron chi connectivity index (χ3n) is 6.27. The van der Waals surface area contributed by atoms with E-state index in [0.717, 1.165) is 36.1 Å². The van der Waals surface area contributed by atoms with Gasteiger partial charge < -0.3 is 10.6 Å². The average Bonchev–Trinajstić information content (AvgIpc) is 2.89. The first-order valence-electron chi connectivity index (χ1n) is 12.0. The molecule has 2 heterocycles. The molecular weight excluding hydrogens is 498 g/mol. The Hall–Kier alpha value is -2.95. The van der Waals surface area contributed by atoms with Gasteiger partial charge in [0.1, 0.15) is 0 Å². The molecule has 0 spiro atoms. The highest BCUT2D eigenvalue weighted by Gasteiger charge is 2.30. The fraction of sp³-hybridized carbons (Fsp3) is 0.400. The summed E-state index contributed by atoms with van der Waals surface area (Å²) in [6.07, 6.45) is 3.32. The number of halogens is 1. The molecule has 1 fully saturated rings. The summed E-state index contributed by atoms with van der Waals surface area (Å²) in [5, 5.41) is 7.06. The van der Waals surface area contributed by atoms with Crippen LogP contribution in [0.25, 0.3) is 0 Å². The molecule has 11 heteroatoms. The van der Waals surface area contributed by atoms with Gasteiger partial charge in [-0.05, 0) is 42.5 Å². The molecule has 192 valence electrons. The number of benzene rings is 2. The lowest BCUT2D eigenvalue weighted by molar-refractivity contribution is 0.346. The molecule has 2 aliphatic heterocycles. The van der Waals surface area contributed by atoms with Crippen LogP contribution in [-0.4, -0.2) is 74.0 Å². The average molecular weight is 530 g/mol. The maximum absolute atomic E-state index is 13.2. The second-order valence-electron chi connectivity index (χ2n) is 9.06. The van der Waals surface area contributed by atoms with Gasteiger partial charge in [0.2, 0.25) is 0 Å². The van der Waals surface area contributed by atoms with Crippen LogP contribution in [0.15, 0.2) is 69.1 Å². The second kappa shape index (κ2) is 11.4. The van der Waals surface area contributed by atoms with Gasteiger partial charge in [-0.25, -0.2) is 5.01 Å². The normalized spacial score (nSPS) is 20.2. The van der Waals surface area contributed by atoms with Gasteiger partial charge in [-0.3, -0.25) is 0 Å². The molecule has 36 heavy (non-hydrogen) atoms. The van der Waals surface area contributed by atoms with E-state index in [-0.39, 0.29) is 17.8 Å². The molecule has 0 aliphatic carbocycles. The predicted molar refractivity (Wildman–Crippen MR) is 146 cm³/mol. The Bertz CT molecular complexity index is 1240. The Balaban J connectivity index is 1.79. The number of piperidine rings is 1. The van der Waals surface area contributed by atoms with Crippen molar-refractivity contribution >= 4 is 39.4 Å². The third kappa shape index (κ3) is 6.24. The summed E-state index contributed by atoms with van der Waals surface area (Å²) >= 11 is 6.14. The second-order valence-corrected chi connectivity index (χ2v) is 11.1. The van der Waals surface area contributed by atoms with Crippen molar-refractivity contribution in [1.29, 1.82) is 0 Å². The number of guanidine groups is 2. The minimum Gasteiger partial charge on any atom is -0.369 e. The summed E-state index contributed by atoms with van der Waals surface area (Å²) < 4.78 is 31.9. The molecule has 2 aromatic carbocycles. The van der Waals surface area contributed by atoms with Crippen LogP contribution in [-0.2, 0) is 10.2 Å². The molecule has 1 unspecified atom stereocenters. The molecule has 0 radical (unpaired) electrons. The summed E-state index contributed by atoms with van der Waals surface area (Å²) in [4.78, 5) is 5.98. The third-order valence-corrected chi connectivity index (χ3v) is 7.94. The van der Waals surface area contributed by atoms with Crippen molar-refractivity contribution in [1.82, 2.24) is 14.2 Å². The van der Waals surface area contributed by atoms with E-state index in [9.17, 15) is 8.42 Å². The number of aliphatic imine (C=N–C) groups is 1. The zero-order valence-corrected chi connectivity index (χ0v) is 22.2. The van der Waals surface area contributed by atoms with E-state index in [2.05, 4.69) is 21.5 Å². The van der Waals surface area contributed by atoms with Crippen molar-refractivity contribution < 1.29 is 8.42 Å². The summed E-state index contributed by atoms with van der Waals surface area (Å²) in [5.74, 6) is 0.0968. The predicted octanol–water partition coefficient (Wildman–Crippen LogP) is 3.50. The van der Waals surface area contributed by atoms with Gasteiger partial charge in [0, 0.05) is 44.7 Å². The lowest BCUT2D eigenvalue weighted by Gasteiger charge is -2.31. The van der Waals surface area contributed by atoms with E-state index in [0.29, 0.717) is 31.1 Å². The van der Waals surface area contributed by atoms with Crippen LogP contribution in [0.5, 0.6) is 0 Å². The number of rotatable bonds is 4. The fourth-order valence-corrected chi connectivity index (χ4v) is 5.56. The van der Waals surface area contributed by atoms with Crippen LogP contribution in [0.1, 0.15) is 42.7 Å². The highest BCUT2D eigenvalue weighted by atomic mass is 35.5. The van der Waals surface area contributed by atoms with E-state index in [1.165, 1.54) is 4.31 Å². The standard InChI is InChI=1S/C25H32ClN7O2S/c1-31(2)24(27)28-25(30-36(34,35)32-16-7-4-8-17-32)33-18-15-22(19-9-5-3-6-10-19)23(29-33)20-11-13-21(26)14-12-20/h3,5-6,9-14,22H,4,7-8,15-18H2,1-2H3,(H2,27,28,30). The first-order chi connectivity index (χ1) is 17.2. The molecule has 0 saturated carbocycles. The van der Waals surface area contributed by atoms with Crippen molar-refractivity contribution in [3.63, 3.8) is 0 Å². The molecule has 4 rings (SSSR count). The van der Waals surface area contributed by atoms with Gasteiger partial charge >= 0.3 is 10.2 Å². The summed E-state index contributed by atoms with van der Waals surface area (Å²) in [6.45, 7) is 1.32. The Morgan fingerprint density at radius 2 is 1.69 bits per heavy atom. The lowest BCUT2D eigenvalue weighted by atomic mass is 9.86.